The molecule has 10 heteroatoms. The van der Waals surface area contributed by atoms with Crippen molar-refractivity contribution >= 4 is 29.6 Å². The molecule has 0 radical (unpaired) electrons. The van der Waals surface area contributed by atoms with Crippen molar-refractivity contribution in [1.82, 2.24) is 19.6 Å². The maximum Gasteiger partial charge on any atom is 0.411 e. The number of carbonyl (C=O) groups is 4. The topological polar surface area (TPSA) is 99.7 Å². The number of benzene rings is 1. The summed E-state index contributed by atoms with van der Waals surface area (Å²) in [5, 5.41) is 0. The van der Waals surface area contributed by atoms with Gasteiger partial charge in [-0.25, -0.2) is 9.59 Å². The van der Waals surface area contributed by atoms with Crippen molar-refractivity contribution in [3.8, 4) is 0 Å². The molecule has 4 amide bonds. The molecule has 1 aliphatic carbocycles. The largest absolute Gasteiger partial charge is 0.444 e. The zero-order chi connectivity index (χ0) is 33.1. The molecule has 1 atom stereocenters. The van der Waals surface area contributed by atoms with Crippen LogP contribution >= 0.6 is 0 Å². The third-order valence-corrected chi connectivity index (χ3v) is 8.47. The van der Waals surface area contributed by atoms with E-state index in [4.69, 9.17) is 9.47 Å². The van der Waals surface area contributed by atoms with Crippen molar-refractivity contribution < 1.29 is 28.7 Å². The number of carbonyl (C=O) groups excluding carboxylic acids is 4. The minimum Gasteiger partial charge on any atom is -0.444 e. The van der Waals surface area contributed by atoms with E-state index in [2.05, 4.69) is 0 Å². The number of amides is 4. The van der Waals surface area contributed by atoms with E-state index in [1.807, 2.05) is 78.0 Å². The van der Waals surface area contributed by atoms with Crippen LogP contribution in [0.2, 0.25) is 0 Å². The van der Waals surface area contributed by atoms with Crippen molar-refractivity contribution in [3.63, 3.8) is 0 Å². The van der Waals surface area contributed by atoms with Crippen LogP contribution in [0.25, 0.3) is 5.57 Å². The Morgan fingerprint density at radius 3 is 1.98 bits per heavy atom. The van der Waals surface area contributed by atoms with E-state index in [0.717, 1.165) is 12.0 Å². The maximum absolute atomic E-state index is 14.2. The quantitative estimate of drug-likeness (QED) is 0.410. The second-order valence-electron chi connectivity index (χ2n) is 14.2. The Balaban J connectivity index is 1.56. The van der Waals surface area contributed by atoms with Gasteiger partial charge in [0.2, 0.25) is 0 Å². The number of ether oxygens (including phenoxy) is 2. The summed E-state index contributed by atoms with van der Waals surface area (Å²) >= 11 is 0. The number of hydrogen-bond acceptors (Lipinski definition) is 6. The molecular formula is C35H50N4O6. The van der Waals surface area contributed by atoms with Crippen molar-refractivity contribution in [3.05, 3.63) is 53.1 Å². The molecule has 1 aromatic rings. The van der Waals surface area contributed by atoms with Gasteiger partial charge in [0.1, 0.15) is 17.4 Å². The predicted molar refractivity (Wildman–Crippen MR) is 173 cm³/mol. The van der Waals surface area contributed by atoms with Crippen LogP contribution in [-0.2, 0) is 19.1 Å². The number of nitrogens with zero attached hydrogens (tertiary/aromatic N) is 4. The van der Waals surface area contributed by atoms with E-state index < -0.39 is 23.5 Å². The Kier molecular flexibility index (Phi) is 10.3. The molecule has 1 unspecified atom stereocenters. The van der Waals surface area contributed by atoms with Crippen LogP contribution in [0.4, 0.5) is 9.59 Å². The first-order valence-electron chi connectivity index (χ1n) is 16.1. The molecule has 2 aliphatic heterocycles. The Labute approximate surface area is 268 Å². The average molecular weight is 623 g/mol. The molecule has 2 fully saturated rings. The van der Waals surface area contributed by atoms with Crippen molar-refractivity contribution in [2.24, 2.45) is 0 Å². The van der Waals surface area contributed by atoms with Gasteiger partial charge in [0.15, 0.2) is 0 Å². The lowest BCUT2D eigenvalue weighted by Gasteiger charge is -2.38. The molecule has 0 spiro atoms. The lowest BCUT2D eigenvalue weighted by atomic mass is 9.84. The smallest absolute Gasteiger partial charge is 0.411 e. The highest BCUT2D eigenvalue weighted by Crippen LogP contribution is 2.37. The van der Waals surface area contributed by atoms with E-state index in [1.165, 1.54) is 0 Å². The Hall–Kier alpha value is -3.82. The fourth-order valence-corrected chi connectivity index (χ4v) is 6.24. The van der Waals surface area contributed by atoms with E-state index in [9.17, 15) is 19.2 Å². The highest BCUT2D eigenvalue weighted by molar-refractivity contribution is 6.16. The highest BCUT2D eigenvalue weighted by atomic mass is 16.6. The summed E-state index contributed by atoms with van der Waals surface area (Å²) < 4.78 is 11.2. The SMILES string of the molecule is CN(C(=O)C1=CCCC(C(=O)N(C)C2CCCN2C(=O)OC(C)(C)C)=C1c1ccccc1)C1CCN(C(=O)OC(C)(C)C)CC1. The number of piperidine rings is 1. The minimum absolute atomic E-state index is 0.0567. The molecule has 1 aromatic carbocycles. The monoisotopic (exact) mass is 622 g/mol. The second-order valence-corrected chi connectivity index (χ2v) is 14.2. The molecule has 2 saturated heterocycles. The molecular weight excluding hydrogens is 572 g/mol. The van der Waals surface area contributed by atoms with E-state index in [-0.39, 0.29) is 23.9 Å². The van der Waals surface area contributed by atoms with Gasteiger partial charge in [0, 0.05) is 56.5 Å². The number of allylic oxidation sites excluding steroid dienone is 1. The van der Waals surface area contributed by atoms with Gasteiger partial charge in [-0.3, -0.25) is 14.5 Å². The lowest BCUT2D eigenvalue weighted by molar-refractivity contribution is -0.130. The first-order chi connectivity index (χ1) is 21.1. The summed E-state index contributed by atoms with van der Waals surface area (Å²) in [6, 6.07) is 9.52. The molecule has 4 rings (SSSR count). The molecule has 0 saturated carbocycles. The van der Waals surface area contributed by atoms with Crippen LogP contribution in [0, 0.1) is 0 Å². The maximum atomic E-state index is 14.2. The highest BCUT2D eigenvalue weighted by Gasteiger charge is 2.39. The van der Waals surface area contributed by atoms with Gasteiger partial charge in [0.05, 0.1) is 0 Å². The summed E-state index contributed by atoms with van der Waals surface area (Å²) in [5.74, 6) is -0.338. The van der Waals surface area contributed by atoms with Gasteiger partial charge in [-0.15, -0.1) is 0 Å². The van der Waals surface area contributed by atoms with E-state index in [1.54, 1.807) is 33.7 Å². The van der Waals surface area contributed by atoms with Crippen LogP contribution in [0.5, 0.6) is 0 Å². The molecule has 0 bridgehead atoms. The van der Waals surface area contributed by atoms with Gasteiger partial charge in [-0.2, -0.15) is 0 Å². The molecule has 0 aromatic heterocycles. The molecule has 0 N–H and O–H groups in total. The Morgan fingerprint density at radius 2 is 1.38 bits per heavy atom. The summed E-state index contributed by atoms with van der Waals surface area (Å²) in [5.41, 5.74) is 1.32. The molecule has 246 valence electrons. The van der Waals surface area contributed by atoms with Gasteiger partial charge in [-0.05, 0) is 85.6 Å². The Morgan fingerprint density at radius 1 is 0.778 bits per heavy atom. The van der Waals surface area contributed by atoms with E-state index in [0.29, 0.717) is 68.5 Å². The first kappa shape index (κ1) is 34.1. The average Bonchev–Trinajstić information content (AvgIpc) is 3.48. The number of rotatable bonds is 5. The summed E-state index contributed by atoms with van der Waals surface area (Å²) in [4.78, 5) is 60.8. The fourth-order valence-electron chi connectivity index (χ4n) is 6.24. The van der Waals surface area contributed by atoms with Crippen LogP contribution in [0.3, 0.4) is 0 Å². The first-order valence-corrected chi connectivity index (χ1v) is 16.1. The zero-order valence-corrected chi connectivity index (χ0v) is 28.2. The molecule has 10 nitrogen and oxygen atoms in total. The van der Waals surface area contributed by atoms with Gasteiger partial charge < -0.3 is 24.2 Å². The van der Waals surface area contributed by atoms with Crippen LogP contribution in [0.15, 0.2) is 47.6 Å². The van der Waals surface area contributed by atoms with Crippen molar-refractivity contribution in [2.45, 2.75) is 103 Å². The third-order valence-electron chi connectivity index (χ3n) is 8.47. The zero-order valence-electron chi connectivity index (χ0n) is 28.2. The van der Waals surface area contributed by atoms with Gasteiger partial charge >= 0.3 is 12.2 Å². The van der Waals surface area contributed by atoms with Gasteiger partial charge in [0.25, 0.3) is 11.8 Å². The summed E-state index contributed by atoms with van der Waals surface area (Å²) in [7, 11) is 3.54. The number of likely N-dealkylation sites (tertiary alicyclic amines) is 2. The molecule has 45 heavy (non-hydrogen) atoms. The van der Waals surface area contributed by atoms with E-state index >= 15 is 0 Å². The van der Waals surface area contributed by atoms with Crippen LogP contribution in [0.1, 0.15) is 85.6 Å². The number of hydrogen-bond donors (Lipinski definition) is 0. The summed E-state index contributed by atoms with van der Waals surface area (Å²) in [6.07, 6.45) is 4.48. The standard InChI is InChI=1S/C35H50N4O6/c1-34(2,3)44-32(42)38-22-19-25(20-23-38)36(7)30(40)26-16-12-17-27(29(26)24-14-10-9-11-15-24)31(41)37(8)28-18-13-21-39(28)33(43)45-35(4,5)6/h9-11,14-16,25,28H,12-13,17-23H2,1-8H3. The number of likely N-dealkylation sites (N-methyl/N-ethyl adjacent to an activating group) is 2. The molecule has 2 heterocycles. The van der Waals surface area contributed by atoms with Crippen LogP contribution in [-0.4, -0.2) is 101 Å². The second kappa shape index (κ2) is 13.7. The predicted octanol–water partition coefficient (Wildman–Crippen LogP) is 5.83. The summed E-state index contributed by atoms with van der Waals surface area (Å²) in [6.45, 7) is 12.6. The van der Waals surface area contributed by atoms with Crippen molar-refractivity contribution in [1.29, 1.82) is 0 Å². The minimum atomic E-state index is -0.641. The fraction of sp³-hybridized carbons (Fsp3) is 0.600. The molecule has 3 aliphatic rings. The lowest BCUT2D eigenvalue weighted by Crippen LogP contribution is -2.50. The third kappa shape index (κ3) is 8.27. The van der Waals surface area contributed by atoms with Crippen LogP contribution < -0.4 is 0 Å². The normalized spacial score (nSPS) is 19.6. The van der Waals surface area contributed by atoms with Crippen molar-refractivity contribution in [2.75, 3.05) is 33.7 Å². The Bertz CT molecular complexity index is 1330. The van der Waals surface area contributed by atoms with Gasteiger partial charge in [-0.1, -0.05) is 36.4 Å².